The van der Waals surface area contributed by atoms with Gasteiger partial charge < -0.3 is 9.47 Å². The van der Waals surface area contributed by atoms with Crippen LogP contribution in [0.3, 0.4) is 0 Å². The number of alkyl halides is 2. The minimum absolute atomic E-state index is 0.135. The summed E-state index contributed by atoms with van der Waals surface area (Å²) >= 11 is 0. The van der Waals surface area contributed by atoms with Crippen LogP contribution in [-0.4, -0.2) is 44.0 Å². The summed E-state index contributed by atoms with van der Waals surface area (Å²) in [6.45, 7) is 3.64. The number of rotatable bonds is 8. The third kappa shape index (κ3) is 9.02. The van der Waals surface area contributed by atoms with E-state index in [9.17, 15) is 22.0 Å². The van der Waals surface area contributed by atoms with Gasteiger partial charge in [0, 0.05) is 12.0 Å². The Labute approximate surface area is 103 Å². The number of halogens is 2. The zero-order valence-corrected chi connectivity index (χ0v) is 10.5. The van der Waals surface area contributed by atoms with E-state index in [0.717, 1.165) is 0 Å². The predicted molar refractivity (Wildman–Crippen MR) is 57.7 cm³/mol. The topological polar surface area (TPSA) is 89.9 Å². The zero-order valence-electron chi connectivity index (χ0n) is 9.69. The maximum atomic E-state index is 12.9. The Morgan fingerprint density at radius 3 is 2.44 bits per heavy atom. The number of hydrogen-bond acceptors (Lipinski definition) is 5. The second-order valence-electron chi connectivity index (χ2n) is 3.57. The molecule has 0 unspecified atom stereocenters. The molecule has 0 radical (unpaired) electrons. The highest BCUT2D eigenvalue weighted by molar-refractivity contribution is 7.85. The van der Waals surface area contributed by atoms with Crippen LogP contribution in [-0.2, 0) is 24.4 Å². The van der Waals surface area contributed by atoms with Gasteiger partial charge in [-0.2, -0.15) is 8.42 Å². The molecule has 0 aliphatic heterocycles. The molecule has 1 N–H and O–H groups in total. The van der Waals surface area contributed by atoms with E-state index >= 15 is 0 Å². The van der Waals surface area contributed by atoms with Gasteiger partial charge in [-0.05, 0) is 6.92 Å². The first-order valence-electron chi connectivity index (χ1n) is 4.77. The van der Waals surface area contributed by atoms with Crippen molar-refractivity contribution >= 4 is 16.1 Å². The second kappa shape index (κ2) is 6.76. The molecule has 0 fully saturated rings. The van der Waals surface area contributed by atoms with Crippen LogP contribution in [0.1, 0.15) is 13.3 Å². The molecule has 0 aromatic rings. The maximum absolute atomic E-state index is 12.9. The fourth-order valence-electron chi connectivity index (χ4n) is 0.838. The minimum atomic E-state index is -4.75. The molecule has 0 aliphatic rings. The van der Waals surface area contributed by atoms with Gasteiger partial charge in [0.15, 0.2) is 6.79 Å². The lowest BCUT2D eigenvalue weighted by Crippen LogP contribution is -2.29. The number of carbonyl (C=O) groups excluding carboxylic acids is 1. The van der Waals surface area contributed by atoms with Crippen molar-refractivity contribution in [3.8, 4) is 0 Å². The van der Waals surface area contributed by atoms with E-state index in [1.165, 1.54) is 6.92 Å². The highest BCUT2D eigenvalue weighted by atomic mass is 32.2. The molecule has 106 valence electrons. The molecule has 18 heavy (non-hydrogen) atoms. The molecule has 0 atom stereocenters. The molecule has 9 heteroatoms. The second-order valence-corrected chi connectivity index (χ2v) is 5.02. The standard InChI is InChI=1S/C9H14F2O6S/c1-7(2)8(12)17-6-16-4-3-9(10,11)5-18(13,14)15/h1,3-6H2,2H3,(H,13,14,15). The summed E-state index contributed by atoms with van der Waals surface area (Å²) in [5.74, 6) is -6.00. The summed E-state index contributed by atoms with van der Waals surface area (Å²) in [7, 11) is -4.75. The molecule has 0 rings (SSSR count). The molecule has 0 spiro atoms. The summed E-state index contributed by atoms with van der Waals surface area (Å²) in [6, 6.07) is 0. The first-order chi connectivity index (χ1) is 8.03. The van der Waals surface area contributed by atoms with Crippen molar-refractivity contribution in [2.75, 3.05) is 19.2 Å². The van der Waals surface area contributed by atoms with Crippen molar-refractivity contribution in [3.05, 3.63) is 12.2 Å². The van der Waals surface area contributed by atoms with E-state index in [1.54, 1.807) is 0 Å². The first kappa shape index (κ1) is 16.9. The van der Waals surface area contributed by atoms with Crippen LogP contribution >= 0.6 is 0 Å². The van der Waals surface area contributed by atoms with E-state index in [1.807, 2.05) is 0 Å². The van der Waals surface area contributed by atoms with E-state index in [0.29, 0.717) is 0 Å². The number of esters is 1. The van der Waals surface area contributed by atoms with Crippen LogP contribution in [0.5, 0.6) is 0 Å². The zero-order chi connectivity index (χ0) is 14.4. The average Bonchev–Trinajstić information content (AvgIpc) is 2.12. The molecular weight excluding hydrogens is 274 g/mol. The molecule has 0 aliphatic carbocycles. The molecule has 6 nitrogen and oxygen atoms in total. The fourth-order valence-corrected chi connectivity index (χ4v) is 1.52. The van der Waals surface area contributed by atoms with Gasteiger partial charge in [-0.3, -0.25) is 4.55 Å². The molecule has 0 aromatic carbocycles. The van der Waals surface area contributed by atoms with Crippen molar-refractivity contribution in [2.45, 2.75) is 19.3 Å². The Morgan fingerprint density at radius 1 is 1.44 bits per heavy atom. The minimum Gasteiger partial charge on any atom is -0.435 e. The summed E-state index contributed by atoms with van der Waals surface area (Å²) in [6.07, 6.45) is -0.919. The Hall–Kier alpha value is -1.06. The van der Waals surface area contributed by atoms with Crippen molar-refractivity contribution in [3.63, 3.8) is 0 Å². The summed E-state index contributed by atoms with van der Waals surface area (Å²) in [5.41, 5.74) is 0.135. The van der Waals surface area contributed by atoms with Gasteiger partial charge in [0.1, 0.15) is 5.75 Å². The van der Waals surface area contributed by atoms with Gasteiger partial charge in [-0.15, -0.1) is 0 Å². The van der Waals surface area contributed by atoms with Crippen molar-refractivity contribution in [2.24, 2.45) is 0 Å². The first-order valence-corrected chi connectivity index (χ1v) is 6.38. The monoisotopic (exact) mass is 288 g/mol. The smallest absolute Gasteiger partial charge is 0.335 e. The predicted octanol–water partition coefficient (Wildman–Crippen LogP) is 0.993. The van der Waals surface area contributed by atoms with Crippen LogP contribution in [0.25, 0.3) is 0 Å². The van der Waals surface area contributed by atoms with E-state index < -0.39 is 47.6 Å². The third-order valence-corrected chi connectivity index (χ3v) is 2.41. The number of carbonyl (C=O) groups is 1. The van der Waals surface area contributed by atoms with Crippen LogP contribution < -0.4 is 0 Å². The quantitative estimate of drug-likeness (QED) is 0.235. The van der Waals surface area contributed by atoms with E-state index in [2.05, 4.69) is 16.1 Å². The molecule has 0 bridgehead atoms. The van der Waals surface area contributed by atoms with Gasteiger partial charge in [0.05, 0.1) is 6.61 Å². The lowest BCUT2D eigenvalue weighted by atomic mass is 10.3. The molecule has 0 amide bonds. The SMILES string of the molecule is C=C(C)C(=O)OCOCCC(F)(F)CS(=O)(=O)O. The molecule has 0 aromatic heterocycles. The Morgan fingerprint density at radius 2 is 2.00 bits per heavy atom. The van der Waals surface area contributed by atoms with Crippen molar-refractivity contribution < 1.29 is 36.0 Å². The highest BCUT2D eigenvalue weighted by Crippen LogP contribution is 2.20. The van der Waals surface area contributed by atoms with Crippen LogP contribution in [0.4, 0.5) is 8.78 Å². The summed E-state index contributed by atoms with van der Waals surface area (Å²) < 4.78 is 63.6. The molecule has 0 saturated heterocycles. The Bertz CT molecular complexity index is 403. The van der Waals surface area contributed by atoms with E-state index in [-0.39, 0.29) is 5.57 Å². The highest BCUT2D eigenvalue weighted by Gasteiger charge is 2.34. The van der Waals surface area contributed by atoms with E-state index in [4.69, 9.17) is 4.55 Å². The third-order valence-electron chi connectivity index (χ3n) is 1.63. The Balaban J connectivity index is 3.85. The van der Waals surface area contributed by atoms with Gasteiger partial charge in [0.25, 0.3) is 16.0 Å². The number of hydrogen-bond donors (Lipinski definition) is 1. The number of ether oxygens (including phenoxy) is 2. The van der Waals surface area contributed by atoms with Crippen LogP contribution in [0.15, 0.2) is 12.2 Å². The van der Waals surface area contributed by atoms with Gasteiger partial charge in [-0.25, -0.2) is 13.6 Å². The average molecular weight is 288 g/mol. The van der Waals surface area contributed by atoms with Gasteiger partial charge in [-0.1, -0.05) is 6.58 Å². The van der Waals surface area contributed by atoms with Gasteiger partial charge in [0.2, 0.25) is 0 Å². The van der Waals surface area contributed by atoms with Crippen LogP contribution in [0.2, 0.25) is 0 Å². The van der Waals surface area contributed by atoms with Crippen molar-refractivity contribution in [1.82, 2.24) is 0 Å². The maximum Gasteiger partial charge on any atom is 0.335 e. The van der Waals surface area contributed by atoms with Crippen LogP contribution in [0, 0.1) is 0 Å². The molecule has 0 saturated carbocycles. The molecular formula is C9H14F2O6S. The summed E-state index contributed by atoms with van der Waals surface area (Å²) in [5, 5.41) is 0. The largest absolute Gasteiger partial charge is 0.435 e. The lowest BCUT2D eigenvalue weighted by molar-refractivity contribution is -0.152. The van der Waals surface area contributed by atoms with Gasteiger partial charge >= 0.3 is 5.97 Å². The summed E-state index contributed by atoms with van der Waals surface area (Å²) in [4.78, 5) is 10.8. The lowest BCUT2D eigenvalue weighted by Gasteiger charge is -2.14. The normalized spacial score (nSPS) is 12.2. The molecule has 0 heterocycles. The Kier molecular flexibility index (Phi) is 6.36. The van der Waals surface area contributed by atoms with Crippen molar-refractivity contribution in [1.29, 1.82) is 0 Å². The fraction of sp³-hybridized carbons (Fsp3) is 0.667.